The molecule has 0 aliphatic carbocycles. The van der Waals surface area contributed by atoms with Crippen LogP contribution >= 0.6 is 0 Å². The molecule has 1 heterocycles. The smallest absolute Gasteiger partial charge is 0.261 e. The van der Waals surface area contributed by atoms with Crippen molar-refractivity contribution in [1.29, 1.82) is 0 Å². The van der Waals surface area contributed by atoms with Crippen LogP contribution in [0.25, 0.3) is 6.08 Å². The maximum Gasteiger partial charge on any atom is 0.261 e. The first-order chi connectivity index (χ1) is 14.9. The van der Waals surface area contributed by atoms with Crippen molar-refractivity contribution >= 4 is 33.4 Å². The predicted molar refractivity (Wildman–Crippen MR) is 119 cm³/mol. The Bertz CT molecular complexity index is 1250. The van der Waals surface area contributed by atoms with E-state index in [2.05, 4.69) is 10.0 Å². The van der Waals surface area contributed by atoms with Gasteiger partial charge < -0.3 is 14.8 Å². The van der Waals surface area contributed by atoms with Crippen molar-refractivity contribution in [2.45, 2.75) is 11.8 Å². The lowest BCUT2D eigenvalue weighted by Crippen LogP contribution is -2.14. The lowest BCUT2D eigenvalue weighted by Gasteiger charge is -2.11. The van der Waals surface area contributed by atoms with Gasteiger partial charge in [0.25, 0.3) is 10.0 Å². The van der Waals surface area contributed by atoms with E-state index in [4.69, 9.17) is 9.47 Å². The summed E-state index contributed by atoms with van der Waals surface area (Å²) in [6, 6.07) is 18.5. The third-order valence-corrected chi connectivity index (χ3v) is 6.03. The Labute approximate surface area is 180 Å². The number of ether oxygens (including phenoxy) is 2. The summed E-state index contributed by atoms with van der Waals surface area (Å²) in [5.41, 5.74) is 2.62. The molecule has 0 saturated carbocycles. The highest BCUT2D eigenvalue weighted by atomic mass is 32.2. The normalized spacial score (nSPS) is 12.7. The van der Waals surface area contributed by atoms with Crippen LogP contribution in [0.4, 0.5) is 11.4 Å². The number of hydrogen-bond donors (Lipinski definition) is 2. The molecule has 0 radical (unpaired) electrons. The molecule has 1 aliphatic rings. The number of fused-ring (bicyclic) bond motifs is 1. The number of aryl methyl sites for hydroxylation is 1. The Balaban J connectivity index is 1.40. The van der Waals surface area contributed by atoms with Crippen LogP contribution in [-0.4, -0.2) is 21.1 Å². The summed E-state index contributed by atoms with van der Waals surface area (Å²) in [5, 5.41) is 2.71. The topological polar surface area (TPSA) is 93.7 Å². The van der Waals surface area contributed by atoms with Gasteiger partial charge >= 0.3 is 0 Å². The number of nitrogens with one attached hydrogen (secondary N) is 2. The van der Waals surface area contributed by atoms with Gasteiger partial charge in [-0.15, -0.1) is 0 Å². The molecule has 2 N–H and O–H groups in total. The fourth-order valence-electron chi connectivity index (χ4n) is 2.98. The highest BCUT2D eigenvalue weighted by Crippen LogP contribution is 2.32. The highest BCUT2D eigenvalue weighted by Gasteiger charge is 2.15. The van der Waals surface area contributed by atoms with Crippen LogP contribution in [-0.2, 0) is 14.8 Å². The van der Waals surface area contributed by atoms with E-state index in [1.807, 2.05) is 25.1 Å². The lowest BCUT2D eigenvalue weighted by molar-refractivity contribution is -0.111. The maximum atomic E-state index is 12.6. The number of carbonyl (C=O) groups is 1. The van der Waals surface area contributed by atoms with Crippen LogP contribution in [0, 0.1) is 6.92 Å². The maximum absolute atomic E-state index is 12.6. The standard InChI is InChI=1S/C23H20N2O5S/c1-16-4-2-3-5-20(16)25-31(27,28)19-10-8-18(9-11-19)24-23(26)13-7-17-6-12-21-22(14-17)30-15-29-21/h2-14,25H,15H2,1H3,(H,24,26). The summed E-state index contributed by atoms with van der Waals surface area (Å²) in [7, 11) is -3.73. The second kappa shape index (κ2) is 8.53. The molecule has 1 aliphatic heterocycles. The van der Waals surface area contributed by atoms with Gasteiger partial charge in [-0.1, -0.05) is 24.3 Å². The van der Waals surface area contributed by atoms with Crippen molar-refractivity contribution in [3.8, 4) is 11.5 Å². The van der Waals surface area contributed by atoms with Crippen molar-refractivity contribution in [2.24, 2.45) is 0 Å². The van der Waals surface area contributed by atoms with Crippen LogP contribution in [0.5, 0.6) is 11.5 Å². The van der Waals surface area contributed by atoms with Crippen LogP contribution in [0.2, 0.25) is 0 Å². The summed E-state index contributed by atoms with van der Waals surface area (Å²) in [5.74, 6) is 0.971. The molecule has 7 nitrogen and oxygen atoms in total. The molecule has 1 amide bonds. The number of benzene rings is 3. The van der Waals surface area contributed by atoms with Gasteiger partial charge in [-0.2, -0.15) is 0 Å². The number of anilines is 2. The largest absolute Gasteiger partial charge is 0.454 e. The Hall–Kier alpha value is -3.78. The van der Waals surface area contributed by atoms with E-state index in [1.54, 1.807) is 42.5 Å². The molecule has 0 saturated heterocycles. The minimum Gasteiger partial charge on any atom is -0.454 e. The second-order valence-electron chi connectivity index (χ2n) is 6.88. The molecule has 31 heavy (non-hydrogen) atoms. The fraction of sp³-hybridized carbons (Fsp3) is 0.0870. The molecule has 0 fully saturated rings. The third-order valence-electron chi connectivity index (χ3n) is 4.65. The van der Waals surface area contributed by atoms with E-state index in [0.717, 1.165) is 11.1 Å². The monoisotopic (exact) mass is 436 g/mol. The SMILES string of the molecule is Cc1ccccc1NS(=O)(=O)c1ccc(NC(=O)C=Cc2ccc3c(c2)OCO3)cc1. The van der Waals surface area contributed by atoms with E-state index < -0.39 is 10.0 Å². The van der Waals surface area contributed by atoms with Crippen molar-refractivity contribution in [2.75, 3.05) is 16.8 Å². The first kappa shape index (κ1) is 20.5. The summed E-state index contributed by atoms with van der Waals surface area (Å²) in [6.07, 6.45) is 3.05. The minimum absolute atomic E-state index is 0.102. The number of rotatable bonds is 6. The van der Waals surface area contributed by atoms with E-state index in [9.17, 15) is 13.2 Å². The zero-order chi connectivity index (χ0) is 21.8. The number of para-hydroxylation sites is 1. The van der Waals surface area contributed by atoms with E-state index in [1.165, 1.54) is 18.2 Å². The average Bonchev–Trinajstić information content (AvgIpc) is 3.22. The van der Waals surface area contributed by atoms with Crippen molar-refractivity contribution in [3.05, 3.63) is 83.9 Å². The van der Waals surface area contributed by atoms with Gasteiger partial charge in [0.1, 0.15) is 0 Å². The fourth-order valence-corrected chi connectivity index (χ4v) is 4.11. The molecule has 8 heteroatoms. The Morgan fingerprint density at radius 2 is 1.71 bits per heavy atom. The van der Waals surface area contributed by atoms with Crippen LogP contribution in [0.1, 0.15) is 11.1 Å². The van der Waals surface area contributed by atoms with Crippen molar-refractivity contribution < 1.29 is 22.7 Å². The van der Waals surface area contributed by atoms with Crippen LogP contribution in [0.3, 0.4) is 0 Å². The Kier molecular flexibility index (Phi) is 5.64. The number of sulfonamides is 1. The molecule has 0 spiro atoms. The second-order valence-corrected chi connectivity index (χ2v) is 8.56. The van der Waals surface area contributed by atoms with Gasteiger partial charge in [0, 0.05) is 11.8 Å². The Morgan fingerprint density at radius 1 is 0.968 bits per heavy atom. The first-order valence-corrected chi connectivity index (χ1v) is 11.0. The van der Waals surface area contributed by atoms with Gasteiger partial charge in [-0.25, -0.2) is 8.42 Å². The van der Waals surface area contributed by atoms with E-state index >= 15 is 0 Å². The molecule has 3 aromatic carbocycles. The van der Waals surface area contributed by atoms with E-state index in [-0.39, 0.29) is 17.6 Å². The number of carbonyl (C=O) groups excluding carboxylic acids is 1. The molecular formula is C23H20N2O5S. The lowest BCUT2D eigenvalue weighted by atomic mass is 10.2. The molecule has 158 valence electrons. The zero-order valence-corrected chi connectivity index (χ0v) is 17.5. The summed E-state index contributed by atoms with van der Waals surface area (Å²) in [6.45, 7) is 2.02. The summed E-state index contributed by atoms with van der Waals surface area (Å²) in [4.78, 5) is 12.3. The quantitative estimate of drug-likeness (QED) is 0.566. The van der Waals surface area contributed by atoms with Gasteiger partial charge in [0.05, 0.1) is 10.6 Å². The van der Waals surface area contributed by atoms with Crippen molar-refractivity contribution in [1.82, 2.24) is 0 Å². The third kappa shape index (κ3) is 4.87. The highest BCUT2D eigenvalue weighted by molar-refractivity contribution is 7.92. The van der Waals surface area contributed by atoms with Crippen molar-refractivity contribution in [3.63, 3.8) is 0 Å². The molecule has 0 atom stereocenters. The van der Waals surface area contributed by atoms with Gasteiger partial charge in [-0.05, 0) is 66.6 Å². The molecule has 0 aromatic heterocycles. The predicted octanol–water partition coefficient (Wildman–Crippen LogP) is 4.18. The molecule has 3 aromatic rings. The van der Waals surface area contributed by atoms with E-state index in [0.29, 0.717) is 22.9 Å². The van der Waals surface area contributed by atoms with Crippen LogP contribution in [0.15, 0.2) is 77.7 Å². The average molecular weight is 436 g/mol. The van der Waals surface area contributed by atoms with Gasteiger partial charge in [-0.3, -0.25) is 9.52 Å². The van der Waals surface area contributed by atoms with Gasteiger partial charge in [0.2, 0.25) is 12.7 Å². The summed E-state index contributed by atoms with van der Waals surface area (Å²) < 4.78 is 38.3. The Morgan fingerprint density at radius 3 is 2.48 bits per heavy atom. The number of hydrogen-bond acceptors (Lipinski definition) is 5. The summed E-state index contributed by atoms with van der Waals surface area (Å²) >= 11 is 0. The molecule has 0 unspecified atom stereocenters. The van der Waals surface area contributed by atoms with Gasteiger partial charge in [0.15, 0.2) is 11.5 Å². The molecular weight excluding hydrogens is 416 g/mol. The number of amides is 1. The first-order valence-electron chi connectivity index (χ1n) is 9.48. The van der Waals surface area contributed by atoms with Crippen LogP contribution < -0.4 is 19.5 Å². The molecule has 0 bridgehead atoms. The molecule has 4 rings (SSSR count). The minimum atomic E-state index is -3.73. The zero-order valence-electron chi connectivity index (χ0n) is 16.7.